The number of halogens is 1. The minimum absolute atomic E-state index is 0.655. The maximum Gasteiger partial charge on any atom is 0.180 e. The van der Waals surface area contributed by atoms with E-state index in [0.717, 1.165) is 15.9 Å². The third-order valence-corrected chi connectivity index (χ3v) is 2.62. The van der Waals surface area contributed by atoms with E-state index in [0.29, 0.717) is 6.54 Å². The number of nitrogens with one attached hydrogen (secondary N) is 1. The second-order valence-corrected chi connectivity index (χ2v) is 4.20. The Morgan fingerprint density at radius 3 is 3.00 bits per heavy atom. The van der Waals surface area contributed by atoms with Crippen LogP contribution in [0.3, 0.4) is 0 Å². The number of aryl methyl sites for hydroxylation is 1. The highest BCUT2D eigenvalue weighted by Gasteiger charge is 2.00. The van der Waals surface area contributed by atoms with Crippen molar-refractivity contribution in [2.75, 3.05) is 5.32 Å². The van der Waals surface area contributed by atoms with E-state index >= 15 is 0 Å². The van der Waals surface area contributed by atoms with E-state index in [1.54, 1.807) is 6.20 Å². The van der Waals surface area contributed by atoms with E-state index in [9.17, 15) is 0 Å². The fraction of sp³-hybridized carbons (Fsp3) is 0.182. The van der Waals surface area contributed by atoms with Crippen LogP contribution in [0.15, 0.2) is 39.7 Å². The molecule has 15 heavy (non-hydrogen) atoms. The molecule has 0 atom stereocenters. The molecule has 0 saturated carbocycles. The monoisotopic (exact) mass is 266 g/mol. The molecule has 4 heteroatoms. The van der Waals surface area contributed by atoms with Crippen molar-refractivity contribution in [3.8, 4) is 0 Å². The highest BCUT2D eigenvalue weighted by Crippen LogP contribution is 2.20. The fourth-order valence-corrected chi connectivity index (χ4v) is 1.81. The van der Waals surface area contributed by atoms with Crippen LogP contribution in [0, 0.1) is 6.92 Å². The molecule has 0 aliphatic heterocycles. The van der Waals surface area contributed by atoms with Crippen LogP contribution in [-0.4, -0.2) is 4.98 Å². The van der Waals surface area contributed by atoms with Crippen LogP contribution in [0.2, 0.25) is 0 Å². The van der Waals surface area contributed by atoms with Crippen LogP contribution >= 0.6 is 15.9 Å². The molecule has 0 aliphatic carbocycles. The maximum atomic E-state index is 5.14. The van der Waals surface area contributed by atoms with Crippen molar-refractivity contribution in [1.82, 2.24) is 4.98 Å². The van der Waals surface area contributed by atoms with Gasteiger partial charge in [0.15, 0.2) is 6.39 Å². The minimum Gasteiger partial charge on any atom is -0.447 e. The molecule has 1 aromatic carbocycles. The lowest BCUT2D eigenvalue weighted by molar-refractivity contribution is 0.511. The highest BCUT2D eigenvalue weighted by atomic mass is 79.9. The predicted molar refractivity (Wildman–Crippen MR) is 62.7 cm³/mol. The molecule has 0 radical (unpaired) electrons. The van der Waals surface area contributed by atoms with Crippen LogP contribution in [0.25, 0.3) is 0 Å². The van der Waals surface area contributed by atoms with Gasteiger partial charge in [-0.05, 0) is 30.7 Å². The Morgan fingerprint density at radius 2 is 2.33 bits per heavy atom. The molecule has 0 aliphatic rings. The zero-order valence-corrected chi connectivity index (χ0v) is 9.91. The summed E-state index contributed by atoms with van der Waals surface area (Å²) in [7, 11) is 0. The number of aromatic nitrogens is 1. The van der Waals surface area contributed by atoms with Crippen molar-refractivity contribution in [2.45, 2.75) is 13.5 Å². The van der Waals surface area contributed by atoms with Gasteiger partial charge in [0, 0.05) is 10.2 Å². The third kappa shape index (κ3) is 2.59. The Morgan fingerprint density at radius 1 is 1.47 bits per heavy atom. The van der Waals surface area contributed by atoms with E-state index in [4.69, 9.17) is 4.42 Å². The normalized spacial score (nSPS) is 10.3. The van der Waals surface area contributed by atoms with Crippen molar-refractivity contribution in [3.63, 3.8) is 0 Å². The molecule has 3 nitrogen and oxygen atoms in total. The summed E-state index contributed by atoms with van der Waals surface area (Å²) in [5.41, 5.74) is 2.30. The van der Waals surface area contributed by atoms with Crippen molar-refractivity contribution in [1.29, 1.82) is 0 Å². The summed E-state index contributed by atoms with van der Waals surface area (Å²) < 4.78 is 6.22. The van der Waals surface area contributed by atoms with Crippen LogP contribution in [0.5, 0.6) is 0 Å². The standard InChI is InChI=1S/C11H11BrN2O/c1-8-4-9(12)2-3-11(8)14-6-10-5-13-7-15-10/h2-5,7,14H,6H2,1H3. The average molecular weight is 267 g/mol. The Kier molecular flexibility index (Phi) is 3.06. The summed E-state index contributed by atoms with van der Waals surface area (Å²) in [6.07, 6.45) is 3.15. The maximum absolute atomic E-state index is 5.14. The van der Waals surface area contributed by atoms with E-state index in [-0.39, 0.29) is 0 Å². The number of benzene rings is 1. The SMILES string of the molecule is Cc1cc(Br)ccc1NCc1cnco1. The quantitative estimate of drug-likeness (QED) is 0.926. The Balaban J connectivity index is 2.05. The summed E-state index contributed by atoms with van der Waals surface area (Å²) in [4.78, 5) is 3.86. The minimum atomic E-state index is 0.655. The first-order valence-corrected chi connectivity index (χ1v) is 5.42. The van der Waals surface area contributed by atoms with E-state index < -0.39 is 0 Å². The number of hydrogen-bond donors (Lipinski definition) is 1. The molecule has 1 heterocycles. The first kappa shape index (κ1) is 10.2. The number of hydrogen-bond acceptors (Lipinski definition) is 3. The lowest BCUT2D eigenvalue weighted by Gasteiger charge is -2.07. The van der Waals surface area contributed by atoms with Crippen molar-refractivity contribution >= 4 is 21.6 Å². The summed E-state index contributed by atoms with van der Waals surface area (Å²) in [6.45, 7) is 2.72. The van der Waals surface area contributed by atoms with E-state index in [1.165, 1.54) is 12.0 Å². The molecule has 0 spiro atoms. The van der Waals surface area contributed by atoms with Gasteiger partial charge in [-0.25, -0.2) is 4.98 Å². The molecular weight excluding hydrogens is 256 g/mol. The van der Waals surface area contributed by atoms with Gasteiger partial charge in [-0.2, -0.15) is 0 Å². The number of anilines is 1. The summed E-state index contributed by atoms with van der Waals surface area (Å²) in [5.74, 6) is 0.831. The Bertz CT molecular complexity index is 440. The van der Waals surface area contributed by atoms with Crippen molar-refractivity contribution < 1.29 is 4.42 Å². The molecule has 0 unspecified atom stereocenters. The largest absolute Gasteiger partial charge is 0.447 e. The molecule has 2 rings (SSSR count). The fourth-order valence-electron chi connectivity index (χ4n) is 1.34. The van der Waals surface area contributed by atoms with Crippen LogP contribution in [0.4, 0.5) is 5.69 Å². The first-order chi connectivity index (χ1) is 7.25. The summed E-state index contributed by atoms with van der Waals surface area (Å²) >= 11 is 3.43. The highest BCUT2D eigenvalue weighted by molar-refractivity contribution is 9.10. The van der Waals surface area contributed by atoms with Crippen molar-refractivity contribution in [3.05, 3.63) is 46.6 Å². The van der Waals surface area contributed by atoms with Gasteiger partial charge >= 0.3 is 0 Å². The van der Waals surface area contributed by atoms with Gasteiger partial charge in [-0.1, -0.05) is 15.9 Å². The number of oxazole rings is 1. The van der Waals surface area contributed by atoms with Gasteiger partial charge in [0.25, 0.3) is 0 Å². The van der Waals surface area contributed by atoms with Crippen molar-refractivity contribution in [2.24, 2.45) is 0 Å². The lowest BCUT2D eigenvalue weighted by Crippen LogP contribution is -1.99. The number of nitrogens with zero attached hydrogens (tertiary/aromatic N) is 1. The molecule has 2 aromatic rings. The van der Waals surface area contributed by atoms with E-state index in [2.05, 4.69) is 39.2 Å². The smallest absolute Gasteiger partial charge is 0.180 e. The van der Waals surface area contributed by atoms with E-state index in [1.807, 2.05) is 12.1 Å². The molecule has 1 N–H and O–H groups in total. The molecule has 0 amide bonds. The topological polar surface area (TPSA) is 38.1 Å². The Hall–Kier alpha value is -1.29. The second-order valence-electron chi connectivity index (χ2n) is 3.28. The second kappa shape index (κ2) is 4.49. The summed E-state index contributed by atoms with van der Waals surface area (Å²) in [6, 6.07) is 6.12. The summed E-state index contributed by atoms with van der Waals surface area (Å²) in [5, 5.41) is 3.29. The van der Waals surface area contributed by atoms with Gasteiger partial charge in [0.2, 0.25) is 0 Å². The lowest BCUT2D eigenvalue weighted by atomic mass is 10.2. The molecule has 0 fully saturated rings. The molecule has 1 aromatic heterocycles. The molecule has 78 valence electrons. The predicted octanol–water partition coefficient (Wildman–Crippen LogP) is 3.36. The van der Waals surface area contributed by atoms with Gasteiger partial charge in [-0.3, -0.25) is 0 Å². The average Bonchev–Trinajstić information content (AvgIpc) is 2.69. The Labute approximate surface area is 96.6 Å². The zero-order valence-electron chi connectivity index (χ0n) is 8.33. The zero-order chi connectivity index (χ0) is 10.7. The van der Waals surface area contributed by atoms with Crippen LogP contribution < -0.4 is 5.32 Å². The van der Waals surface area contributed by atoms with Gasteiger partial charge in [-0.15, -0.1) is 0 Å². The third-order valence-electron chi connectivity index (χ3n) is 2.12. The molecule has 0 saturated heterocycles. The van der Waals surface area contributed by atoms with Gasteiger partial charge < -0.3 is 9.73 Å². The first-order valence-electron chi connectivity index (χ1n) is 4.63. The van der Waals surface area contributed by atoms with Crippen LogP contribution in [-0.2, 0) is 6.54 Å². The number of rotatable bonds is 3. The molecular formula is C11H11BrN2O. The van der Waals surface area contributed by atoms with Crippen LogP contribution in [0.1, 0.15) is 11.3 Å². The van der Waals surface area contributed by atoms with Gasteiger partial charge in [0.05, 0.1) is 12.7 Å². The molecule has 0 bridgehead atoms. The van der Waals surface area contributed by atoms with Gasteiger partial charge in [0.1, 0.15) is 5.76 Å².